The van der Waals surface area contributed by atoms with Gasteiger partial charge in [0.1, 0.15) is 5.75 Å². The molecule has 112 valence electrons. The van der Waals surface area contributed by atoms with Gasteiger partial charge in [-0.15, -0.1) is 0 Å². The average molecular weight is 275 g/mol. The number of phenolic OH excluding ortho intramolecular Hbond substituents is 1. The maximum atomic E-state index is 9.38. The highest BCUT2D eigenvalue weighted by Crippen LogP contribution is 2.42. The molecule has 20 heavy (non-hydrogen) atoms. The van der Waals surface area contributed by atoms with Crippen LogP contribution in [0.4, 0.5) is 0 Å². The molecule has 0 unspecified atom stereocenters. The van der Waals surface area contributed by atoms with Crippen LogP contribution in [0.5, 0.6) is 5.75 Å². The minimum absolute atomic E-state index is 0.291. The van der Waals surface area contributed by atoms with Crippen LogP contribution >= 0.6 is 0 Å². The summed E-state index contributed by atoms with van der Waals surface area (Å²) in [5.41, 5.74) is 7.71. The van der Waals surface area contributed by atoms with E-state index in [1.54, 1.807) is 12.1 Å². The summed E-state index contributed by atoms with van der Waals surface area (Å²) in [6, 6.07) is 7.64. The number of rotatable bonds is 6. The van der Waals surface area contributed by atoms with Crippen molar-refractivity contribution in [1.82, 2.24) is 0 Å². The molecule has 0 atom stereocenters. The normalized spacial score (nSPS) is 26.6. The Kier molecular flexibility index (Phi) is 5.47. The summed E-state index contributed by atoms with van der Waals surface area (Å²) in [4.78, 5) is 0. The maximum absolute atomic E-state index is 9.38. The van der Waals surface area contributed by atoms with Crippen LogP contribution < -0.4 is 5.73 Å². The quantitative estimate of drug-likeness (QED) is 0.815. The lowest BCUT2D eigenvalue weighted by atomic mass is 9.67. The molecule has 2 nitrogen and oxygen atoms in total. The van der Waals surface area contributed by atoms with Gasteiger partial charge in [0.25, 0.3) is 0 Å². The molecule has 0 aliphatic heterocycles. The lowest BCUT2D eigenvalue weighted by molar-refractivity contribution is 0.150. The van der Waals surface area contributed by atoms with Crippen LogP contribution in [0.15, 0.2) is 24.3 Å². The van der Waals surface area contributed by atoms with E-state index in [4.69, 9.17) is 5.73 Å². The molecule has 1 fully saturated rings. The summed E-state index contributed by atoms with van der Waals surface area (Å²) in [5, 5.41) is 9.38. The molecule has 1 aliphatic carbocycles. The highest BCUT2D eigenvalue weighted by atomic mass is 16.3. The van der Waals surface area contributed by atoms with Crippen LogP contribution in [0, 0.1) is 11.3 Å². The van der Waals surface area contributed by atoms with Gasteiger partial charge >= 0.3 is 0 Å². The standard InChI is InChI=1S/C18H29NO/c1-2-3-4-15-9-11-18(14-19,12-10-15)13-16-5-7-17(20)8-6-16/h5-8,15,20H,2-4,9-14,19H2,1H3. The Morgan fingerprint density at radius 3 is 2.40 bits per heavy atom. The molecule has 0 amide bonds. The van der Waals surface area contributed by atoms with Crippen molar-refractivity contribution in [2.45, 2.75) is 58.3 Å². The van der Waals surface area contributed by atoms with Crippen molar-refractivity contribution in [1.29, 1.82) is 0 Å². The lowest BCUT2D eigenvalue weighted by Gasteiger charge is -2.40. The van der Waals surface area contributed by atoms with Crippen LogP contribution in [-0.2, 0) is 6.42 Å². The molecule has 0 aromatic heterocycles. The van der Waals surface area contributed by atoms with E-state index in [2.05, 4.69) is 6.92 Å². The van der Waals surface area contributed by atoms with E-state index in [-0.39, 0.29) is 0 Å². The summed E-state index contributed by atoms with van der Waals surface area (Å²) < 4.78 is 0. The number of phenols is 1. The molecule has 1 saturated carbocycles. The Morgan fingerprint density at radius 2 is 1.85 bits per heavy atom. The van der Waals surface area contributed by atoms with E-state index in [0.717, 1.165) is 18.9 Å². The van der Waals surface area contributed by atoms with Crippen LogP contribution in [0.3, 0.4) is 0 Å². The maximum Gasteiger partial charge on any atom is 0.115 e. The monoisotopic (exact) mass is 275 g/mol. The Labute approximate surface area is 123 Å². The summed E-state index contributed by atoms with van der Waals surface area (Å²) in [7, 11) is 0. The van der Waals surface area contributed by atoms with Crippen molar-refractivity contribution < 1.29 is 5.11 Å². The molecule has 1 aliphatic rings. The van der Waals surface area contributed by atoms with Crippen molar-refractivity contribution >= 4 is 0 Å². The molecule has 3 N–H and O–H groups in total. The van der Waals surface area contributed by atoms with Crippen LogP contribution in [-0.4, -0.2) is 11.7 Å². The van der Waals surface area contributed by atoms with Crippen LogP contribution in [0.25, 0.3) is 0 Å². The number of hydrogen-bond donors (Lipinski definition) is 2. The predicted molar refractivity (Wildman–Crippen MR) is 84.8 cm³/mol. The average Bonchev–Trinajstić information content (AvgIpc) is 2.49. The number of nitrogens with two attached hydrogens (primary N) is 1. The van der Waals surface area contributed by atoms with Crippen molar-refractivity contribution in [3.8, 4) is 5.75 Å². The minimum Gasteiger partial charge on any atom is -0.508 e. The second kappa shape index (κ2) is 7.12. The third kappa shape index (κ3) is 3.99. The summed E-state index contributed by atoms with van der Waals surface area (Å²) in [6.45, 7) is 3.06. The molecule has 2 rings (SSSR count). The van der Waals surface area contributed by atoms with Gasteiger partial charge in [-0.25, -0.2) is 0 Å². The fourth-order valence-corrected chi connectivity index (χ4v) is 3.57. The van der Waals surface area contributed by atoms with Gasteiger partial charge in [-0.1, -0.05) is 38.3 Å². The zero-order valence-corrected chi connectivity index (χ0v) is 12.8. The number of unbranched alkanes of at least 4 members (excludes halogenated alkanes) is 1. The minimum atomic E-state index is 0.291. The molecule has 0 bridgehead atoms. The number of aromatic hydroxyl groups is 1. The smallest absolute Gasteiger partial charge is 0.115 e. The van der Waals surface area contributed by atoms with Crippen molar-refractivity contribution in [3.63, 3.8) is 0 Å². The first kappa shape index (κ1) is 15.4. The fraction of sp³-hybridized carbons (Fsp3) is 0.667. The lowest BCUT2D eigenvalue weighted by Crippen LogP contribution is -2.36. The van der Waals surface area contributed by atoms with Crippen molar-refractivity contribution in [3.05, 3.63) is 29.8 Å². The molecule has 0 heterocycles. The van der Waals surface area contributed by atoms with E-state index in [0.29, 0.717) is 11.2 Å². The van der Waals surface area contributed by atoms with Crippen molar-refractivity contribution in [2.24, 2.45) is 17.1 Å². The highest BCUT2D eigenvalue weighted by molar-refractivity contribution is 5.26. The number of hydrogen-bond acceptors (Lipinski definition) is 2. The largest absolute Gasteiger partial charge is 0.508 e. The van der Waals surface area contributed by atoms with Crippen LogP contribution in [0.2, 0.25) is 0 Å². The van der Waals surface area contributed by atoms with Gasteiger partial charge in [-0.3, -0.25) is 0 Å². The fourth-order valence-electron chi connectivity index (χ4n) is 3.57. The summed E-state index contributed by atoms with van der Waals surface area (Å²) >= 11 is 0. The van der Waals surface area contributed by atoms with E-state index in [1.807, 2.05) is 12.1 Å². The Bertz CT molecular complexity index is 390. The molecule has 1 aromatic rings. The first-order chi connectivity index (χ1) is 9.67. The van der Waals surface area contributed by atoms with Gasteiger partial charge in [0, 0.05) is 0 Å². The zero-order chi connectivity index (χ0) is 14.4. The molecule has 1 aromatic carbocycles. The van der Waals surface area contributed by atoms with E-state index >= 15 is 0 Å². The second-order valence-corrected chi connectivity index (χ2v) is 6.63. The van der Waals surface area contributed by atoms with Gasteiger partial charge in [-0.05, 0) is 67.7 Å². The van der Waals surface area contributed by atoms with Gasteiger partial charge in [0.05, 0.1) is 0 Å². The Hall–Kier alpha value is -1.02. The predicted octanol–water partition coefficient (Wildman–Crippen LogP) is 4.26. The van der Waals surface area contributed by atoms with E-state index in [1.165, 1.54) is 50.5 Å². The molecular formula is C18H29NO. The number of benzene rings is 1. The SMILES string of the molecule is CCCCC1CCC(CN)(Cc2ccc(O)cc2)CC1. The summed E-state index contributed by atoms with van der Waals surface area (Å²) in [6.07, 6.45) is 10.4. The third-order valence-electron chi connectivity index (χ3n) is 5.08. The van der Waals surface area contributed by atoms with Crippen LogP contribution in [0.1, 0.15) is 57.4 Å². The topological polar surface area (TPSA) is 46.2 Å². The highest BCUT2D eigenvalue weighted by Gasteiger charge is 2.33. The van der Waals surface area contributed by atoms with E-state index < -0.39 is 0 Å². The molecule has 2 heteroatoms. The van der Waals surface area contributed by atoms with Crippen molar-refractivity contribution in [2.75, 3.05) is 6.54 Å². The first-order valence-electron chi connectivity index (χ1n) is 8.15. The van der Waals surface area contributed by atoms with Gasteiger partial charge in [-0.2, -0.15) is 0 Å². The van der Waals surface area contributed by atoms with Gasteiger partial charge < -0.3 is 10.8 Å². The molecular weight excluding hydrogens is 246 g/mol. The summed E-state index contributed by atoms with van der Waals surface area (Å²) in [5.74, 6) is 1.27. The second-order valence-electron chi connectivity index (χ2n) is 6.63. The molecule has 0 radical (unpaired) electrons. The zero-order valence-electron chi connectivity index (χ0n) is 12.8. The van der Waals surface area contributed by atoms with E-state index in [9.17, 15) is 5.11 Å². The Morgan fingerprint density at radius 1 is 1.20 bits per heavy atom. The third-order valence-corrected chi connectivity index (χ3v) is 5.08. The molecule has 0 saturated heterocycles. The van der Waals surface area contributed by atoms with Gasteiger partial charge in [0.15, 0.2) is 0 Å². The molecule has 0 spiro atoms. The first-order valence-corrected chi connectivity index (χ1v) is 8.15. The Balaban J connectivity index is 1.92. The van der Waals surface area contributed by atoms with Gasteiger partial charge in [0.2, 0.25) is 0 Å².